The Balaban J connectivity index is 1.95. The highest BCUT2D eigenvalue weighted by Crippen LogP contribution is 2.65. The van der Waals surface area contributed by atoms with Crippen molar-refractivity contribution >= 4 is 0 Å². The molecule has 3 rings (SSSR count). The van der Waals surface area contributed by atoms with E-state index in [4.69, 9.17) is 4.74 Å². The van der Waals surface area contributed by atoms with Gasteiger partial charge >= 0.3 is 0 Å². The van der Waals surface area contributed by atoms with E-state index in [9.17, 15) is 5.11 Å². The number of hydrogen-bond acceptors (Lipinski definition) is 2. The van der Waals surface area contributed by atoms with Crippen molar-refractivity contribution < 1.29 is 9.84 Å². The van der Waals surface area contributed by atoms with Crippen molar-refractivity contribution in [2.75, 3.05) is 6.61 Å². The lowest BCUT2D eigenvalue weighted by molar-refractivity contribution is -0.249. The minimum atomic E-state index is -0.169. The van der Waals surface area contributed by atoms with Crippen LogP contribution in [-0.2, 0) is 4.74 Å². The molecule has 6 atom stereocenters. The van der Waals surface area contributed by atoms with E-state index in [1.54, 1.807) is 0 Å². The van der Waals surface area contributed by atoms with Crippen LogP contribution in [0.1, 0.15) is 66.7 Å². The second-order valence-electron chi connectivity index (χ2n) is 9.85. The minimum absolute atomic E-state index is 0.00310. The van der Waals surface area contributed by atoms with Crippen LogP contribution in [0.4, 0.5) is 0 Å². The lowest BCUT2D eigenvalue weighted by Crippen LogP contribution is -2.64. The van der Waals surface area contributed by atoms with E-state index in [1.807, 2.05) is 0 Å². The third-order valence-electron chi connectivity index (χ3n) is 7.63. The Morgan fingerprint density at radius 3 is 2.41 bits per heavy atom. The summed E-state index contributed by atoms with van der Waals surface area (Å²) in [5, 5.41) is 10.5. The molecule has 0 bridgehead atoms. The van der Waals surface area contributed by atoms with E-state index in [0.717, 1.165) is 19.4 Å². The summed E-state index contributed by atoms with van der Waals surface area (Å²) in [5.74, 6) is 0.551. The molecule has 0 aromatic carbocycles. The zero-order valence-electron chi connectivity index (χ0n) is 15.1. The van der Waals surface area contributed by atoms with Gasteiger partial charge in [-0.05, 0) is 54.3 Å². The maximum absolute atomic E-state index is 10.5. The summed E-state index contributed by atoms with van der Waals surface area (Å²) < 4.78 is 6.54. The number of ether oxygens (including phenoxy) is 1. The van der Waals surface area contributed by atoms with Gasteiger partial charge in [-0.2, -0.15) is 0 Å². The Bertz CT molecular complexity index is 470. The first-order chi connectivity index (χ1) is 10.1. The molecule has 0 radical (unpaired) electrons. The molecule has 0 unspecified atom stereocenters. The molecule has 126 valence electrons. The van der Waals surface area contributed by atoms with Crippen molar-refractivity contribution in [3.8, 4) is 0 Å². The van der Waals surface area contributed by atoms with Gasteiger partial charge in [0.15, 0.2) is 0 Å². The highest BCUT2D eigenvalue weighted by atomic mass is 16.5. The normalized spacial score (nSPS) is 54.2. The maximum Gasteiger partial charge on any atom is 0.0685 e. The lowest BCUT2D eigenvalue weighted by atomic mass is 9.44. The predicted molar refractivity (Wildman–Crippen MR) is 90.6 cm³/mol. The van der Waals surface area contributed by atoms with Gasteiger partial charge < -0.3 is 9.84 Å². The van der Waals surface area contributed by atoms with E-state index >= 15 is 0 Å². The molecule has 3 fully saturated rings. The first-order valence-electron chi connectivity index (χ1n) is 9.01. The van der Waals surface area contributed by atoms with E-state index in [0.29, 0.717) is 12.0 Å². The first kappa shape index (κ1) is 16.5. The quantitative estimate of drug-likeness (QED) is 0.719. The predicted octanol–water partition coefficient (Wildman–Crippen LogP) is 4.57. The van der Waals surface area contributed by atoms with Crippen molar-refractivity contribution in [1.29, 1.82) is 0 Å². The molecule has 1 saturated heterocycles. The molecule has 1 aliphatic heterocycles. The van der Waals surface area contributed by atoms with Crippen LogP contribution in [0.5, 0.6) is 0 Å². The SMILES string of the molecule is C=C[C@]1(C)CO[C@H]2[C@@](C)(CC[C@H]3C(C)(C)[C@H](O)CC[C@]32C)C1. The molecule has 3 aliphatic rings. The van der Waals surface area contributed by atoms with Gasteiger partial charge in [0.05, 0.1) is 18.8 Å². The van der Waals surface area contributed by atoms with E-state index in [-0.39, 0.29) is 27.8 Å². The molecule has 2 aliphatic carbocycles. The van der Waals surface area contributed by atoms with Crippen molar-refractivity contribution in [2.24, 2.45) is 27.6 Å². The molecule has 0 spiro atoms. The van der Waals surface area contributed by atoms with Crippen LogP contribution in [0.25, 0.3) is 0 Å². The molecular weight excluding hydrogens is 272 g/mol. The summed E-state index contributed by atoms with van der Waals surface area (Å²) in [6.45, 7) is 16.5. The summed E-state index contributed by atoms with van der Waals surface area (Å²) in [7, 11) is 0. The number of fused-ring (bicyclic) bond motifs is 3. The Morgan fingerprint density at radius 1 is 1.09 bits per heavy atom. The first-order valence-corrected chi connectivity index (χ1v) is 9.01. The molecule has 1 N–H and O–H groups in total. The van der Waals surface area contributed by atoms with Crippen molar-refractivity contribution in [2.45, 2.75) is 78.9 Å². The highest BCUT2D eigenvalue weighted by Gasteiger charge is 2.63. The fourth-order valence-electron chi connectivity index (χ4n) is 6.44. The van der Waals surface area contributed by atoms with Crippen LogP contribution >= 0.6 is 0 Å². The summed E-state index contributed by atoms with van der Waals surface area (Å²) in [5.41, 5.74) is 0.540. The average Bonchev–Trinajstić information content (AvgIpc) is 2.42. The number of hydrogen-bond donors (Lipinski definition) is 1. The largest absolute Gasteiger partial charge is 0.393 e. The summed E-state index contributed by atoms with van der Waals surface area (Å²) in [6.07, 6.45) is 7.84. The maximum atomic E-state index is 10.5. The van der Waals surface area contributed by atoms with Crippen LogP contribution in [0.2, 0.25) is 0 Å². The van der Waals surface area contributed by atoms with Gasteiger partial charge in [-0.3, -0.25) is 0 Å². The molecule has 2 heteroatoms. The zero-order valence-corrected chi connectivity index (χ0v) is 15.1. The molecule has 0 aromatic rings. The standard InChI is InChI=1S/C20H34O2/c1-7-18(4)12-19(5)10-8-14-17(2,3)15(21)9-11-20(14,6)16(19)22-13-18/h7,14-16,21H,1,8-13H2,2-6H3/t14-,15+,16-,18-,19-,20+/m0/s1. The van der Waals surface area contributed by atoms with Gasteiger partial charge in [0.1, 0.15) is 0 Å². The fraction of sp³-hybridized carbons (Fsp3) is 0.900. The fourth-order valence-corrected chi connectivity index (χ4v) is 6.44. The molecule has 2 nitrogen and oxygen atoms in total. The van der Waals surface area contributed by atoms with Crippen molar-refractivity contribution in [3.05, 3.63) is 12.7 Å². The van der Waals surface area contributed by atoms with E-state index < -0.39 is 0 Å². The smallest absolute Gasteiger partial charge is 0.0685 e. The Morgan fingerprint density at radius 2 is 1.77 bits per heavy atom. The van der Waals surface area contributed by atoms with Gasteiger partial charge in [-0.25, -0.2) is 0 Å². The molecule has 0 amide bonds. The second kappa shape index (κ2) is 4.83. The zero-order chi connectivity index (χ0) is 16.4. The summed E-state index contributed by atoms with van der Waals surface area (Å²) >= 11 is 0. The number of rotatable bonds is 1. The molecule has 22 heavy (non-hydrogen) atoms. The van der Waals surface area contributed by atoms with Crippen LogP contribution in [0.15, 0.2) is 12.7 Å². The van der Waals surface area contributed by atoms with E-state index in [2.05, 4.69) is 47.3 Å². The van der Waals surface area contributed by atoms with Gasteiger partial charge in [0.25, 0.3) is 0 Å². The Hall–Kier alpha value is -0.340. The summed E-state index contributed by atoms with van der Waals surface area (Å²) in [6, 6.07) is 0. The third-order valence-corrected chi connectivity index (χ3v) is 7.63. The number of aliphatic hydroxyl groups is 1. The monoisotopic (exact) mass is 306 g/mol. The third kappa shape index (κ3) is 2.13. The van der Waals surface area contributed by atoms with Crippen LogP contribution in [-0.4, -0.2) is 23.9 Å². The summed E-state index contributed by atoms with van der Waals surface area (Å²) in [4.78, 5) is 0. The minimum Gasteiger partial charge on any atom is -0.393 e. The highest BCUT2D eigenvalue weighted by molar-refractivity contribution is 5.13. The Kier molecular flexibility index (Phi) is 3.63. The van der Waals surface area contributed by atoms with Gasteiger partial charge in [0.2, 0.25) is 0 Å². The second-order valence-corrected chi connectivity index (χ2v) is 9.85. The van der Waals surface area contributed by atoms with E-state index in [1.165, 1.54) is 19.3 Å². The van der Waals surface area contributed by atoms with Crippen LogP contribution in [0.3, 0.4) is 0 Å². The molecule has 1 heterocycles. The molecular formula is C20H34O2. The molecule has 2 saturated carbocycles. The van der Waals surface area contributed by atoms with Crippen LogP contribution < -0.4 is 0 Å². The Labute approximate surface area is 136 Å². The van der Waals surface area contributed by atoms with Crippen molar-refractivity contribution in [3.63, 3.8) is 0 Å². The van der Waals surface area contributed by atoms with Crippen molar-refractivity contribution in [1.82, 2.24) is 0 Å². The van der Waals surface area contributed by atoms with Gasteiger partial charge in [-0.1, -0.05) is 40.7 Å². The van der Waals surface area contributed by atoms with Gasteiger partial charge in [-0.15, -0.1) is 6.58 Å². The average molecular weight is 306 g/mol. The lowest BCUT2D eigenvalue weighted by Gasteiger charge is -2.65. The van der Waals surface area contributed by atoms with Gasteiger partial charge in [0, 0.05) is 5.41 Å². The van der Waals surface area contributed by atoms with Crippen LogP contribution in [0, 0.1) is 27.6 Å². The number of aliphatic hydroxyl groups excluding tert-OH is 1. The molecule has 0 aromatic heterocycles. The topological polar surface area (TPSA) is 29.5 Å².